The lowest BCUT2D eigenvalue weighted by molar-refractivity contribution is 0.0982. The molecule has 0 aliphatic carbocycles. The molecule has 10 heteroatoms. The molecule has 3 aromatic rings. The number of primary sulfonamides is 1. The first-order valence-electron chi connectivity index (χ1n) is 10.9. The number of nitrogens with two attached hydrogens (primary N) is 1. The first-order valence-corrected chi connectivity index (χ1v) is 12.4. The topological polar surface area (TPSA) is 119 Å². The summed E-state index contributed by atoms with van der Waals surface area (Å²) < 4.78 is 44.9. The van der Waals surface area contributed by atoms with Crippen LogP contribution in [0.3, 0.4) is 0 Å². The largest absolute Gasteiger partial charge is 0.490 e. The number of hydrogen-bond acceptors (Lipinski definition) is 6. The van der Waals surface area contributed by atoms with Gasteiger partial charge in [-0.15, -0.1) is 0 Å². The zero-order valence-corrected chi connectivity index (χ0v) is 20.3. The van der Waals surface area contributed by atoms with E-state index < -0.39 is 27.5 Å². The lowest BCUT2D eigenvalue weighted by Crippen LogP contribution is -2.46. The van der Waals surface area contributed by atoms with E-state index in [1.165, 1.54) is 12.1 Å². The van der Waals surface area contributed by atoms with Gasteiger partial charge in [-0.1, -0.05) is 18.2 Å². The second-order valence-corrected chi connectivity index (χ2v) is 10.6. The number of nitrogens with one attached hydrogen (secondary N) is 1. The number of β-amino-alcohol motifs (C(OH)–C–C–N with tert-alkyl or cyclic N) is 1. The number of ether oxygens (including phenoxy) is 1. The average molecular weight is 491 g/mol. The van der Waals surface area contributed by atoms with E-state index in [1.54, 1.807) is 10.9 Å². The summed E-state index contributed by atoms with van der Waals surface area (Å²) in [6.45, 7) is 6.58. The summed E-state index contributed by atoms with van der Waals surface area (Å²) in [6.07, 6.45) is 3.07. The van der Waals surface area contributed by atoms with E-state index in [-0.39, 0.29) is 24.5 Å². The molecule has 184 valence electrons. The fraction of sp³-hybridized carbons (Fsp3) is 0.375. The molecule has 0 aliphatic heterocycles. The van der Waals surface area contributed by atoms with Gasteiger partial charge in [0.2, 0.25) is 10.0 Å². The molecule has 0 fully saturated rings. The number of halogens is 1. The van der Waals surface area contributed by atoms with Gasteiger partial charge in [-0.05, 0) is 62.6 Å². The van der Waals surface area contributed by atoms with Gasteiger partial charge >= 0.3 is 0 Å². The summed E-state index contributed by atoms with van der Waals surface area (Å²) in [5, 5.41) is 23.0. The van der Waals surface area contributed by atoms with Crippen LogP contribution in [0, 0.1) is 12.7 Å². The van der Waals surface area contributed by atoms with Crippen LogP contribution in [0.1, 0.15) is 30.5 Å². The van der Waals surface area contributed by atoms with Gasteiger partial charge in [0.1, 0.15) is 24.3 Å². The number of aliphatic hydroxyl groups is 1. The van der Waals surface area contributed by atoms with Crippen molar-refractivity contribution >= 4 is 10.0 Å². The van der Waals surface area contributed by atoms with Gasteiger partial charge in [0.15, 0.2) is 0 Å². The second-order valence-electron chi connectivity index (χ2n) is 9.02. The van der Waals surface area contributed by atoms with Crippen LogP contribution in [0.5, 0.6) is 5.75 Å². The number of aryl methyl sites for hydroxylation is 1. The summed E-state index contributed by atoms with van der Waals surface area (Å²) in [4.78, 5) is -0.268. The van der Waals surface area contributed by atoms with Crippen LogP contribution >= 0.6 is 0 Å². The highest BCUT2D eigenvalue weighted by atomic mass is 32.2. The zero-order valence-electron chi connectivity index (χ0n) is 19.5. The highest BCUT2D eigenvalue weighted by Crippen LogP contribution is 2.22. The molecule has 0 radical (unpaired) electrons. The maximum Gasteiger partial charge on any atom is 0.238 e. The third-order valence-electron chi connectivity index (χ3n) is 5.35. The highest BCUT2D eigenvalue weighted by Gasteiger charge is 2.22. The van der Waals surface area contributed by atoms with Crippen LogP contribution < -0.4 is 15.2 Å². The van der Waals surface area contributed by atoms with Gasteiger partial charge in [0.25, 0.3) is 0 Å². The predicted molar refractivity (Wildman–Crippen MR) is 128 cm³/mol. The minimum absolute atomic E-state index is 0.0794. The van der Waals surface area contributed by atoms with Crippen molar-refractivity contribution in [2.75, 3.05) is 13.2 Å². The standard InChI is InChI=1S/C24H31FN4O4S/c1-17-5-6-19(15-29-10-4-9-28-29)23(11-17)33-16-20(30)14-27-24(2,3)13-18-7-8-21(12-22(18)25)34(26,31)32/h4-12,20,27,30H,13-16H2,1-3H3,(H2,26,31,32)/t20-/m0/s1. The van der Waals surface area contributed by atoms with Crippen LogP contribution in [0.4, 0.5) is 4.39 Å². The van der Waals surface area contributed by atoms with Crippen LogP contribution in [0.2, 0.25) is 0 Å². The Morgan fingerprint density at radius 2 is 1.97 bits per heavy atom. The monoisotopic (exact) mass is 490 g/mol. The number of aromatic nitrogens is 2. The average Bonchev–Trinajstić information content (AvgIpc) is 3.26. The van der Waals surface area contributed by atoms with Crippen molar-refractivity contribution in [1.82, 2.24) is 15.1 Å². The Morgan fingerprint density at radius 3 is 2.62 bits per heavy atom. The van der Waals surface area contributed by atoms with E-state index in [1.807, 2.05) is 51.2 Å². The molecule has 1 atom stereocenters. The molecule has 0 bridgehead atoms. The number of nitrogens with zero attached hydrogens (tertiary/aromatic N) is 2. The van der Waals surface area contributed by atoms with Gasteiger partial charge < -0.3 is 15.2 Å². The van der Waals surface area contributed by atoms with Crippen molar-refractivity contribution in [3.8, 4) is 5.75 Å². The van der Waals surface area contributed by atoms with Crippen molar-refractivity contribution in [2.45, 2.75) is 50.3 Å². The van der Waals surface area contributed by atoms with Crippen LogP contribution in [-0.2, 0) is 23.0 Å². The Hall–Kier alpha value is -2.79. The minimum atomic E-state index is -3.96. The summed E-state index contributed by atoms with van der Waals surface area (Å²) >= 11 is 0. The third kappa shape index (κ3) is 7.36. The fourth-order valence-corrected chi connectivity index (χ4v) is 4.05. The number of benzene rings is 2. The SMILES string of the molecule is Cc1ccc(Cn2cccn2)c(OC[C@@H](O)CNC(C)(C)Cc2ccc(S(N)(=O)=O)cc2F)c1. The summed E-state index contributed by atoms with van der Waals surface area (Å²) in [7, 11) is -3.96. The van der Waals surface area contributed by atoms with Crippen LogP contribution in [0.15, 0.2) is 59.8 Å². The van der Waals surface area contributed by atoms with Crippen molar-refractivity contribution in [1.29, 1.82) is 0 Å². The molecule has 2 aromatic carbocycles. The molecule has 0 spiro atoms. The van der Waals surface area contributed by atoms with E-state index in [2.05, 4.69) is 10.4 Å². The molecular formula is C24H31FN4O4S. The van der Waals surface area contributed by atoms with Crippen LogP contribution in [-0.4, -0.2) is 48.1 Å². The number of sulfonamides is 1. The predicted octanol–water partition coefficient (Wildman–Crippen LogP) is 2.38. The first kappa shape index (κ1) is 25.8. The van der Waals surface area contributed by atoms with E-state index in [9.17, 15) is 17.9 Å². The lowest BCUT2D eigenvalue weighted by atomic mass is 9.94. The molecule has 0 saturated heterocycles. The first-order chi connectivity index (χ1) is 15.9. The summed E-state index contributed by atoms with van der Waals surface area (Å²) in [5.41, 5.74) is 1.77. The van der Waals surface area contributed by atoms with Crippen molar-refractivity contribution < 1.29 is 22.7 Å². The molecule has 1 heterocycles. The van der Waals surface area contributed by atoms with Crippen molar-refractivity contribution in [3.05, 3.63) is 77.4 Å². The molecule has 3 rings (SSSR count). The molecule has 0 amide bonds. The molecule has 8 nitrogen and oxygen atoms in total. The Labute approximate surface area is 199 Å². The van der Waals surface area contributed by atoms with E-state index in [0.29, 0.717) is 17.9 Å². The quantitative estimate of drug-likeness (QED) is 0.380. The minimum Gasteiger partial charge on any atom is -0.490 e. The fourth-order valence-electron chi connectivity index (χ4n) is 3.52. The van der Waals surface area contributed by atoms with E-state index in [4.69, 9.17) is 9.88 Å². The van der Waals surface area contributed by atoms with Gasteiger partial charge in [-0.2, -0.15) is 5.10 Å². The Bertz CT molecular complexity index is 1210. The van der Waals surface area contributed by atoms with E-state index >= 15 is 0 Å². The zero-order chi connectivity index (χ0) is 24.9. The van der Waals surface area contributed by atoms with Crippen molar-refractivity contribution in [3.63, 3.8) is 0 Å². The van der Waals surface area contributed by atoms with Gasteiger partial charge in [-0.25, -0.2) is 17.9 Å². The third-order valence-corrected chi connectivity index (χ3v) is 6.26. The number of hydrogen-bond donors (Lipinski definition) is 3. The lowest BCUT2D eigenvalue weighted by Gasteiger charge is -2.28. The second kappa shape index (κ2) is 10.6. The van der Waals surface area contributed by atoms with Gasteiger partial charge in [0, 0.05) is 30.0 Å². The Balaban J connectivity index is 1.56. The molecule has 34 heavy (non-hydrogen) atoms. The molecule has 0 unspecified atom stereocenters. The smallest absolute Gasteiger partial charge is 0.238 e. The maximum atomic E-state index is 14.4. The maximum absolute atomic E-state index is 14.4. The van der Waals surface area contributed by atoms with Crippen LogP contribution in [0.25, 0.3) is 0 Å². The molecule has 4 N–H and O–H groups in total. The van der Waals surface area contributed by atoms with E-state index in [0.717, 1.165) is 17.2 Å². The Morgan fingerprint density at radius 1 is 1.24 bits per heavy atom. The van der Waals surface area contributed by atoms with Gasteiger partial charge in [-0.3, -0.25) is 4.68 Å². The summed E-state index contributed by atoms with van der Waals surface area (Å²) in [5.74, 6) is 0.0419. The molecule has 0 aliphatic rings. The molecular weight excluding hydrogens is 459 g/mol. The number of aliphatic hydroxyl groups excluding tert-OH is 1. The van der Waals surface area contributed by atoms with Crippen molar-refractivity contribution in [2.24, 2.45) is 5.14 Å². The molecule has 0 saturated carbocycles. The Kier molecular flexibility index (Phi) is 8.09. The van der Waals surface area contributed by atoms with Gasteiger partial charge in [0.05, 0.1) is 11.4 Å². The highest BCUT2D eigenvalue weighted by molar-refractivity contribution is 7.89. The normalized spacial score (nSPS) is 13.1. The summed E-state index contributed by atoms with van der Waals surface area (Å²) in [6, 6.07) is 11.4. The number of rotatable bonds is 11. The molecule has 1 aromatic heterocycles.